The number of hydrogen-bond acceptors (Lipinski definition) is 2. The van der Waals surface area contributed by atoms with E-state index < -0.39 is 0 Å². The molecule has 1 aromatic carbocycles. The van der Waals surface area contributed by atoms with Crippen LogP contribution < -0.4 is 5.32 Å². The van der Waals surface area contributed by atoms with Crippen molar-refractivity contribution >= 4 is 11.6 Å². The summed E-state index contributed by atoms with van der Waals surface area (Å²) in [5, 5.41) is 2.66. The second-order valence-electron chi connectivity index (χ2n) is 2.46. The second-order valence-corrected chi connectivity index (χ2v) is 2.46. The fourth-order valence-electron chi connectivity index (χ4n) is 0.852. The summed E-state index contributed by atoms with van der Waals surface area (Å²) in [4.78, 5) is 11.1. The number of amides is 1. The molecular weight excluding hydrogens is 166 g/mol. The van der Waals surface area contributed by atoms with Crippen molar-refractivity contribution in [2.24, 2.45) is 0 Å². The van der Waals surface area contributed by atoms with Gasteiger partial charge in [0.1, 0.15) is 6.61 Å². The van der Waals surface area contributed by atoms with Crippen LogP contribution in [0.3, 0.4) is 0 Å². The highest BCUT2D eigenvalue weighted by Gasteiger charge is 2.00. The van der Waals surface area contributed by atoms with Crippen molar-refractivity contribution in [3.05, 3.63) is 30.3 Å². The molecule has 0 aliphatic heterocycles. The molecule has 13 heavy (non-hydrogen) atoms. The molecule has 0 aliphatic rings. The largest absolute Gasteiger partial charge is 0.372 e. The van der Waals surface area contributed by atoms with Crippen molar-refractivity contribution in [1.82, 2.24) is 0 Å². The van der Waals surface area contributed by atoms with E-state index in [1.54, 1.807) is 12.1 Å². The van der Waals surface area contributed by atoms with Gasteiger partial charge in [-0.2, -0.15) is 0 Å². The van der Waals surface area contributed by atoms with E-state index in [0.717, 1.165) is 0 Å². The molecule has 0 atom stereocenters. The van der Waals surface area contributed by atoms with Gasteiger partial charge in [0.25, 0.3) is 0 Å². The van der Waals surface area contributed by atoms with Gasteiger partial charge >= 0.3 is 0 Å². The molecule has 0 fully saturated rings. The molecule has 0 unspecified atom stereocenters. The Bertz CT molecular complexity index is 259. The molecule has 0 heterocycles. The van der Waals surface area contributed by atoms with E-state index in [0.29, 0.717) is 12.3 Å². The minimum absolute atomic E-state index is 0.0965. The fraction of sp³-hybridized carbons (Fsp3) is 0.300. The predicted molar refractivity (Wildman–Crippen MR) is 50.4 cm³/mol. The van der Waals surface area contributed by atoms with Crippen molar-refractivity contribution in [2.75, 3.05) is 18.5 Å². The van der Waals surface area contributed by atoms with Gasteiger partial charge in [0, 0.05) is 18.4 Å². The van der Waals surface area contributed by atoms with Gasteiger partial charge < -0.3 is 10.1 Å². The minimum atomic E-state index is -0.149. The molecule has 3 nitrogen and oxygen atoms in total. The zero-order chi connectivity index (χ0) is 9.52. The Morgan fingerprint density at radius 3 is 3.08 bits per heavy atom. The van der Waals surface area contributed by atoms with Crippen LogP contribution in [0.25, 0.3) is 0 Å². The summed E-state index contributed by atoms with van der Waals surface area (Å²) < 4.78 is 4.94. The number of nitrogens with one attached hydrogen (secondary N) is 1. The quantitative estimate of drug-likeness (QED) is 0.758. The lowest BCUT2D eigenvalue weighted by atomic mass is 10.3. The van der Waals surface area contributed by atoms with Crippen LogP contribution in [0.5, 0.6) is 0 Å². The van der Waals surface area contributed by atoms with Crippen LogP contribution in [-0.2, 0) is 9.53 Å². The van der Waals surface area contributed by atoms with Gasteiger partial charge in [0.05, 0.1) is 0 Å². The number of hydrogen-bond donors (Lipinski definition) is 1. The monoisotopic (exact) mass is 178 g/mol. The number of carbonyl (C=O) groups is 1. The van der Waals surface area contributed by atoms with Gasteiger partial charge in [0.15, 0.2) is 0 Å². The summed E-state index contributed by atoms with van der Waals surface area (Å²) in [7, 11) is 0. The molecule has 1 aromatic rings. The summed E-state index contributed by atoms with van der Waals surface area (Å²) in [6.07, 6.45) is 0. The first-order valence-corrected chi connectivity index (χ1v) is 4.17. The first-order valence-electron chi connectivity index (χ1n) is 4.17. The van der Waals surface area contributed by atoms with Crippen molar-refractivity contribution < 1.29 is 9.53 Å². The third-order valence-electron chi connectivity index (χ3n) is 1.42. The lowest BCUT2D eigenvalue weighted by Gasteiger charge is -2.03. The van der Waals surface area contributed by atoms with Gasteiger partial charge in [-0.15, -0.1) is 0 Å². The topological polar surface area (TPSA) is 38.3 Å². The molecule has 0 aromatic heterocycles. The standard InChI is InChI=1S/C10H12NO2/c1-2-13-8-10(12)11-9-6-4-3-5-7-9/h3-6H,2,8H2,1H3,(H,11,12). The molecule has 1 amide bonds. The Hall–Kier alpha value is -1.35. The fourth-order valence-corrected chi connectivity index (χ4v) is 0.852. The molecule has 0 bridgehead atoms. The van der Waals surface area contributed by atoms with Gasteiger partial charge in [-0.05, 0) is 13.0 Å². The van der Waals surface area contributed by atoms with E-state index in [4.69, 9.17) is 4.74 Å². The van der Waals surface area contributed by atoms with E-state index in [9.17, 15) is 4.79 Å². The van der Waals surface area contributed by atoms with Crippen LogP contribution in [0, 0.1) is 6.07 Å². The SMILES string of the molecule is CCOCC(=O)Nc1[c]cccc1. The molecule has 0 saturated carbocycles. The summed E-state index contributed by atoms with van der Waals surface area (Å²) in [6.45, 7) is 2.49. The van der Waals surface area contributed by atoms with Crippen LogP contribution in [0.4, 0.5) is 5.69 Å². The summed E-state index contributed by atoms with van der Waals surface area (Å²) in [5.41, 5.74) is 0.673. The maximum atomic E-state index is 11.1. The Morgan fingerprint density at radius 1 is 1.62 bits per heavy atom. The molecular formula is C10H12NO2. The van der Waals surface area contributed by atoms with E-state index in [-0.39, 0.29) is 12.5 Å². The maximum absolute atomic E-state index is 11.1. The molecule has 0 aliphatic carbocycles. The summed E-state index contributed by atoms with van der Waals surface area (Å²) >= 11 is 0. The van der Waals surface area contributed by atoms with Gasteiger partial charge in [-0.1, -0.05) is 18.2 Å². The van der Waals surface area contributed by atoms with Crippen LogP contribution in [0.1, 0.15) is 6.92 Å². The number of para-hydroxylation sites is 1. The van der Waals surface area contributed by atoms with Crippen LogP contribution in [0.2, 0.25) is 0 Å². The Morgan fingerprint density at radius 2 is 2.46 bits per heavy atom. The zero-order valence-electron chi connectivity index (χ0n) is 7.54. The first kappa shape index (κ1) is 9.74. The third kappa shape index (κ3) is 3.71. The van der Waals surface area contributed by atoms with E-state index in [1.807, 2.05) is 19.1 Å². The van der Waals surface area contributed by atoms with Crippen LogP contribution in [-0.4, -0.2) is 19.1 Å². The molecule has 3 heteroatoms. The van der Waals surface area contributed by atoms with E-state index >= 15 is 0 Å². The lowest BCUT2D eigenvalue weighted by molar-refractivity contribution is -0.120. The molecule has 0 spiro atoms. The maximum Gasteiger partial charge on any atom is 0.250 e. The van der Waals surface area contributed by atoms with Crippen molar-refractivity contribution in [2.45, 2.75) is 6.92 Å². The Kier molecular flexibility index (Phi) is 3.99. The third-order valence-corrected chi connectivity index (χ3v) is 1.42. The lowest BCUT2D eigenvalue weighted by Crippen LogP contribution is -2.18. The molecule has 69 valence electrons. The van der Waals surface area contributed by atoms with Crippen molar-refractivity contribution in [1.29, 1.82) is 0 Å². The Labute approximate surface area is 77.7 Å². The van der Waals surface area contributed by atoms with Crippen molar-refractivity contribution in [3.63, 3.8) is 0 Å². The molecule has 1 N–H and O–H groups in total. The van der Waals surface area contributed by atoms with E-state index in [2.05, 4.69) is 11.4 Å². The predicted octanol–water partition coefficient (Wildman–Crippen LogP) is 1.46. The number of carbonyl (C=O) groups excluding carboxylic acids is 1. The average molecular weight is 178 g/mol. The van der Waals surface area contributed by atoms with Crippen LogP contribution >= 0.6 is 0 Å². The van der Waals surface area contributed by atoms with Gasteiger partial charge in [-0.3, -0.25) is 4.79 Å². The molecule has 0 saturated heterocycles. The number of anilines is 1. The zero-order valence-corrected chi connectivity index (χ0v) is 7.54. The second kappa shape index (κ2) is 5.32. The van der Waals surface area contributed by atoms with Crippen molar-refractivity contribution in [3.8, 4) is 0 Å². The highest BCUT2D eigenvalue weighted by Crippen LogP contribution is 2.03. The average Bonchev–Trinajstić information content (AvgIpc) is 2.16. The van der Waals surface area contributed by atoms with Crippen LogP contribution in [0.15, 0.2) is 24.3 Å². The smallest absolute Gasteiger partial charge is 0.250 e. The first-order chi connectivity index (χ1) is 6.33. The minimum Gasteiger partial charge on any atom is -0.372 e. The van der Waals surface area contributed by atoms with E-state index in [1.165, 1.54) is 0 Å². The summed E-state index contributed by atoms with van der Waals surface area (Å²) in [5.74, 6) is -0.149. The molecule has 1 radical (unpaired) electrons. The summed E-state index contributed by atoms with van der Waals surface area (Å²) in [6, 6.07) is 10.1. The number of rotatable bonds is 4. The molecule has 1 rings (SSSR count). The highest BCUT2D eigenvalue weighted by molar-refractivity contribution is 5.91. The normalized spacial score (nSPS) is 9.62. The number of benzene rings is 1. The highest BCUT2D eigenvalue weighted by atomic mass is 16.5. The van der Waals surface area contributed by atoms with Gasteiger partial charge in [-0.25, -0.2) is 0 Å². The van der Waals surface area contributed by atoms with Gasteiger partial charge in [0.2, 0.25) is 5.91 Å². The number of ether oxygens (including phenoxy) is 1. The Balaban J connectivity index is 2.37.